The predicted octanol–water partition coefficient (Wildman–Crippen LogP) is 1.86. The monoisotopic (exact) mass is 249 g/mol. The highest BCUT2D eigenvalue weighted by Crippen LogP contribution is 2.22. The van der Waals surface area contributed by atoms with Gasteiger partial charge < -0.3 is 10.4 Å². The van der Waals surface area contributed by atoms with Crippen LogP contribution in [0.3, 0.4) is 0 Å². The maximum atomic E-state index is 9.94. The second kappa shape index (κ2) is 5.67. The van der Waals surface area contributed by atoms with E-state index in [-0.39, 0.29) is 0 Å². The van der Waals surface area contributed by atoms with Crippen molar-refractivity contribution in [3.05, 3.63) is 24.0 Å². The Kier molecular flexibility index (Phi) is 4.19. The van der Waals surface area contributed by atoms with Gasteiger partial charge in [0, 0.05) is 38.1 Å². The molecule has 2 N–H and O–H groups in total. The van der Waals surface area contributed by atoms with Crippen molar-refractivity contribution in [3.8, 4) is 0 Å². The third-order valence-corrected chi connectivity index (χ3v) is 3.31. The Balaban J connectivity index is 1.93. The molecule has 4 nitrogen and oxygen atoms in total. The quantitative estimate of drug-likeness (QED) is 0.836. The predicted molar refractivity (Wildman–Crippen MR) is 73.5 cm³/mol. The summed E-state index contributed by atoms with van der Waals surface area (Å²) in [5, 5.41) is 13.3. The van der Waals surface area contributed by atoms with E-state index in [9.17, 15) is 5.11 Å². The summed E-state index contributed by atoms with van der Waals surface area (Å²) in [6, 6.07) is 4.10. The minimum absolute atomic E-state index is 0.530. The highest BCUT2D eigenvalue weighted by Gasteiger charge is 2.31. The molecule has 100 valence electrons. The lowest BCUT2D eigenvalue weighted by atomic mass is 10.1. The summed E-state index contributed by atoms with van der Waals surface area (Å²) in [6.07, 6.45) is 3.81. The molecule has 1 aromatic heterocycles. The Morgan fingerprint density at radius 3 is 3.06 bits per heavy atom. The Labute approximate surface area is 109 Å². The van der Waals surface area contributed by atoms with Crippen molar-refractivity contribution < 1.29 is 5.11 Å². The van der Waals surface area contributed by atoms with Gasteiger partial charge >= 0.3 is 0 Å². The molecule has 1 aliphatic heterocycles. The Hall–Kier alpha value is -1.13. The van der Waals surface area contributed by atoms with Crippen LogP contribution < -0.4 is 5.32 Å². The lowest BCUT2D eigenvalue weighted by Crippen LogP contribution is -2.29. The molecule has 0 amide bonds. The summed E-state index contributed by atoms with van der Waals surface area (Å²) >= 11 is 0. The summed E-state index contributed by atoms with van der Waals surface area (Å²) in [7, 11) is 0. The van der Waals surface area contributed by atoms with Crippen molar-refractivity contribution in [2.75, 3.05) is 25.0 Å². The number of likely N-dealkylation sites (tertiary alicyclic amines) is 1. The molecule has 0 aromatic carbocycles. The Morgan fingerprint density at radius 1 is 1.56 bits per heavy atom. The molecule has 2 rings (SSSR count). The molecule has 4 heteroatoms. The zero-order valence-corrected chi connectivity index (χ0v) is 11.3. The fraction of sp³-hybridized carbons (Fsp3) is 0.643. The van der Waals surface area contributed by atoms with E-state index in [1.165, 1.54) is 0 Å². The van der Waals surface area contributed by atoms with Crippen LogP contribution in [0.25, 0.3) is 0 Å². The summed E-state index contributed by atoms with van der Waals surface area (Å²) in [5.41, 5.74) is 1.67. The maximum absolute atomic E-state index is 9.94. The van der Waals surface area contributed by atoms with Gasteiger partial charge in [-0.1, -0.05) is 6.92 Å². The molecule has 0 spiro atoms. The third kappa shape index (κ3) is 3.68. The van der Waals surface area contributed by atoms with Crippen LogP contribution in [-0.4, -0.2) is 40.2 Å². The summed E-state index contributed by atoms with van der Waals surface area (Å²) in [4.78, 5) is 6.65. The number of nitrogens with zero attached hydrogens (tertiary/aromatic N) is 2. The van der Waals surface area contributed by atoms with E-state index in [2.05, 4.69) is 28.2 Å². The molecule has 1 unspecified atom stereocenters. The van der Waals surface area contributed by atoms with E-state index in [0.717, 1.165) is 50.4 Å². The number of β-amino-alcohol motifs (C(OH)–C–C–N with tert-alkyl or cyclic N) is 1. The molecule has 0 aliphatic carbocycles. The normalized spacial score (nSPS) is 24.4. The molecule has 2 heterocycles. The van der Waals surface area contributed by atoms with Crippen LogP contribution in [0.15, 0.2) is 18.3 Å². The SMILES string of the molecule is CCCNc1ccnc(CN2CCC(C)(O)C2)c1. The van der Waals surface area contributed by atoms with E-state index in [4.69, 9.17) is 0 Å². The fourth-order valence-electron chi connectivity index (χ4n) is 2.35. The number of nitrogens with one attached hydrogen (secondary N) is 1. The largest absolute Gasteiger partial charge is 0.389 e. The fourth-order valence-corrected chi connectivity index (χ4v) is 2.35. The second-order valence-electron chi connectivity index (χ2n) is 5.42. The van der Waals surface area contributed by atoms with Gasteiger partial charge in [0.05, 0.1) is 11.3 Å². The van der Waals surface area contributed by atoms with Crippen molar-refractivity contribution in [2.24, 2.45) is 0 Å². The van der Waals surface area contributed by atoms with Crippen LogP contribution in [0, 0.1) is 0 Å². The highest BCUT2D eigenvalue weighted by molar-refractivity contribution is 5.43. The third-order valence-electron chi connectivity index (χ3n) is 3.31. The maximum Gasteiger partial charge on any atom is 0.0758 e. The molecule has 1 fully saturated rings. The minimum Gasteiger partial charge on any atom is -0.389 e. The van der Waals surface area contributed by atoms with Crippen molar-refractivity contribution in [1.82, 2.24) is 9.88 Å². The number of hydrogen-bond donors (Lipinski definition) is 2. The summed E-state index contributed by atoms with van der Waals surface area (Å²) in [5.74, 6) is 0. The van der Waals surface area contributed by atoms with Crippen LogP contribution in [0.2, 0.25) is 0 Å². The molecule has 0 saturated carbocycles. The van der Waals surface area contributed by atoms with Crippen LogP contribution in [0.5, 0.6) is 0 Å². The molecular weight excluding hydrogens is 226 g/mol. The van der Waals surface area contributed by atoms with Crippen LogP contribution in [-0.2, 0) is 6.54 Å². The van der Waals surface area contributed by atoms with Gasteiger partial charge in [0.25, 0.3) is 0 Å². The van der Waals surface area contributed by atoms with Crippen molar-refractivity contribution in [1.29, 1.82) is 0 Å². The summed E-state index contributed by atoms with van der Waals surface area (Å²) < 4.78 is 0. The molecule has 1 aromatic rings. The number of aliphatic hydroxyl groups is 1. The van der Waals surface area contributed by atoms with Gasteiger partial charge in [-0.25, -0.2) is 0 Å². The van der Waals surface area contributed by atoms with Crippen LogP contribution >= 0.6 is 0 Å². The lowest BCUT2D eigenvalue weighted by Gasteiger charge is -2.18. The first-order chi connectivity index (χ1) is 8.59. The topological polar surface area (TPSA) is 48.4 Å². The van der Waals surface area contributed by atoms with Gasteiger partial charge in [-0.2, -0.15) is 0 Å². The first-order valence-corrected chi connectivity index (χ1v) is 6.72. The minimum atomic E-state index is -0.530. The molecule has 1 atom stereocenters. The van der Waals surface area contributed by atoms with Gasteiger partial charge in [-0.15, -0.1) is 0 Å². The Bertz CT molecular complexity index is 392. The second-order valence-corrected chi connectivity index (χ2v) is 5.42. The zero-order valence-electron chi connectivity index (χ0n) is 11.3. The van der Waals surface area contributed by atoms with Gasteiger partial charge in [0.2, 0.25) is 0 Å². The standard InChI is InChI=1S/C14H23N3O/c1-3-6-15-12-4-7-16-13(9-12)10-17-8-5-14(2,18)11-17/h4,7,9,18H,3,5-6,8,10-11H2,1-2H3,(H,15,16). The molecular formula is C14H23N3O. The van der Waals surface area contributed by atoms with Crippen LogP contribution in [0.4, 0.5) is 5.69 Å². The van der Waals surface area contributed by atoms with Crippen molar-refractivity contribution in [3.63, 3.8) is 0 Å². The molecule has 0 radical (unpaired) electrons. The molecule has 18 heavy (non-hydrogen) atoms. The first kappa shape index (κ1) is 13.3. The summed E-state index contributed by atoms with van der Waals surface area (Å²) in [6.45, 7) is 7.54. The van der Waals surface area contributed by atoms with Gasteiger partial charge in [0.15, 0.2) is 0 Å². The van der Waals surface area contributed by atoms with E-state index < -0.39 is 5.60 Å². The van der Waals surface area contributed by atoms with E-state index >= 15 is 0 Å². The average molecular weight is 249 g/mol. The first-order valence-electron chi connectivity index (χ1n) is 6.72. The van der Waals surface area contributed by atoms with E-state index in [1.807, 2.05) is 19.2 Å². The smallest absolute Gasteiger partial charge is 0.0758 e. The van der Waals surface area contributed by atoms with Gasteiger partial charge in [-0.3, -0.25) is 9.88 Å². The highest BCUT2D eigenvalue weighted by atomic mass is 16.3. The number of pyridine rings is 1. The average Bonchev–Trinajstić information content (AvgIpc) is 2.66. The van der Waals surface area contributed by atoms with E-state index in [1.54, 1.807) is 0 Å². The Morgan fingerprint density at radius 2 is 2.39 bits per heavy atom. The number of hydrogen-bond acceptors (Lipinski definition) is 4. The zero-order chi connectivity index (χ0) is 13.0. The van der Waals surface area contributed by atoms with Crippen molar-refractivity contribution >= 4 is 5.69 Å². The van der Waals surface area contributed by atoms with Gasteiger partial charge in [-0.05, 0) is 31.9 Å². The van der Waals surface area contributed by atoms with E-state index in [0.29, 0.717) is 0 Å². The number of anilines is 1. The molecule has 1 saturated heterocycles. The van der Waals surface area contributed by atoms with Crippen molar-refractivity contribution in [2.45, 2.75) is 38.8 Å². The number of rotatable bonds is 5. The van der Waals surface area contributed by atoms with Crippen LogP contribution in [0.1, 0.15) is 32.4 Å². The molecule has 0 bridgehead atoms. The molecule has 1 aliphatic rings. The number of aromatic nitrogens is 1. The lowest BCUT2D eigenvalue weighted by molar-refractivity contribution is 0.0677. The van der Waals surface area contributed by atoms with Gasteiger partial charge in [0.1, 0.15) is 0 Å².